The van der Waals surface area contributed by atoms with Gasteiger partial charge in [-0.1, -0.05) is 12.2 Å². The third-order valence-corrected chi connectivity index (χ3v) is 5.62. The van der Waals surface area contributed by atoms with Gasteiger partial charge in [-0.05, 0) is 57.6 Å². The van der Waals surface area contributed by atoms with E-state index in [1.54, 1.807) is 0 Å². The van der Waals surface area contributed by atoms with Crippen LogP contribution in [0.2, 0.25) is 5.82 Å². The quantitative estimate of drug-likeness (QED) is 0.444. The third-order valence-electron chi connectivity index (χ3n) is 5.37. The van der Waals surface area contributed by atoms with Crippen LogP contribution in [0.25, 0.3) is 0 Å². The molecule has 0 spiro atoms. The zero-order valence-corrected chi connectivity index (χ0v) is 12.6. The highest BCUT2D eigenvalue weighted by Gasteiger charge is 2.61. The summed E-state index contributed by atoms with van der Waals surface area (Å²) < 4.78 is 12.2. The van der Waals surface area contributed by atoms with Gasteiger partial charge in [-0.2, -0.15) is 0 Å². The minimum absolute atomic E-state index is 0.0565. The molecule has 0 aromatic carbocycles. The lowest BCUT2D eigenvalue weighted by molar-refractivity contribution is -0.115. The van der Waals surface area contributed by atoms with E-state index in [2.05, 4.69) is 12.2 Å². The first kappa shape index (κ1) is 13.7. The molecule has 2 unspecified atom stereocenters. The zero-order valence-electron chi connectivity index (χ0n) is 11.9. The molecule has 3 aliphatic rings. The van der Waals surface area contributed by atoms with E-state index in [1.165, 1.54) is 0 Å². The molecule has 2 bridgehead atoms. The Balaban J connectivity index is 1.87. The molecule has 104 valence electrons. The van der Waals surface area contributed by atoms with Gasteiger partial charge >= 0.3 is 7.12 Å². The van der Waals surface area contributed by atoms with E-state index in [0.29, 0.717) is 5.92 Å². The summed E-state index contributed by atoms with van der Waals surface area (Å²) in [5.41, 5.74) is -0.716. The van der Waals surface area contributed by atoms with Crippen LogP contribution >= 0.6 is 11.6 Å². The summed E-state index contributed by atoms with van der Waals surface area (Å²) in [6, 6.07) is 0. The first-order valence-corrected chi connectivity index (χ1v) is 7.34. The SMILES string of the molecule is CC1(C)OB([C@@H]2C3C=CC(C3)[C@H]2C(=O)Cl)OC1(C)C. The fourth-order valence-corrected chi connectivity index (χ4v) is 3.90. The topological polar surface area (TPSA) is 35.5 Å². The Morgan fingerprint density at radius 2 is 1.68 bits per heavy atom. The highest BCUT2D eigenvalue weighted by atomic mass is 35.5. The lowest BCUT2D eigenvalue weighted by atomic mass is 9.60. The molecule has 1 aliphatic heterocycles. The van der Waals surface area contributed by atoms with Gasteiger partial charge in [0.25, 0.3) is 0 Å². The van der Waals surface area contributed by atoms with E-state index in [1.807, 2.05) is 27.7 Å². The van der Waals surface area contributed by atoms with Crippen LogP contribution in [0.4, 0.5) is 0 Å². The average Bonchev–Trinajstić information content (AvgIpc) is 2.90. The summed E-state index contributed by atoms with van der Waals surface area (Å²) >= 11 is 5.81. The number of carbonyl (C=O) groups is 1. The van der Waals surface area contributed by atoms with E-state index >= 15 is 0 Å². The molecule has 0 aromatic rings. The highest BCUT2D eigenvalue weighted by Crippen LogP contribution is 2.56. The van der Waals surface area contributed by atoms with Crippen LogP contribution in [0, 0.1) is 17.8 Å². The molecular formula is C14H20BClO3. The highest BCUT2D eigenvalue weighted by molar-refractivity contribution is 6.65. The van der Waals surface area contributed by atoms with Gasteiger partial charge in [0.05, 0.1) is 11.2 Å². The number of fused-ring (bicyclic) bond motifs is 2. The van der Waals surface area contributed by atoms with Gasteiger partial charge in [-0.25, -0.2) is 0 Å². The largest absolute Gasteiger partial charge is 0.462 e. The predicted octanol–water partition coefficient (Wildman–Crippen LogP) is 3.04. The normalized spacial score (nSPS) is 42.1. The van der Waals surface area contributed by atoms with Gasteiger partial charge in [0.1, 0.15) is 0 Å². The van der Waals surface area contributed by atoms with Crippen molar-refractivity contribution in [1.82, 2.24) is 0 Å². The molecule has 4 atom stereocenters. The van der Waals surface area contributed by atoms with Crippen LogP contribution in [0.15, 0.2) is 12.2 Å². The van der Waals surface area contributed by atoms with Gasteiger partial charge in [0.2, 0.25) is 5.24 Å². The number of hydrogen-bond donors (Lipinski definition) is 0. The lowest BCUT2D eigenvalue weighted by Gasteiger charge is -2.32. The van der Waals surface area contributed by atoms with E-state index in [-0.39, 0.29) is 41.2 Å². The smallest absolute Gasteiger partial charge is 0.403 e. The number of halogens is 1. The summed E-state index contributed by atoms with van der Waals surface area (Å²) in [6.45, 7) is 8.14. The molecule has 2 fully saturated rings. The van der Waals surface area contributed by atoms with Crippen LogP contribution < -0.4 is 0 Å². The molecule has 1 saturated carbocycles. The maximum atomic E-state index is 11.7. The summed E-state index contributed by atoms with van der Waals surface area (Å²) in [5, 5.41) is -0.253. The van der Waals surface area contributed by atoms with Gasteiger partial charge < -0.3 is 9.31 Å². The molecule has 5 heteroatoms. The second-order valence-corrected chi connectivity index (χ2v) is 7.35. The van der Waals surface area contributed by atoms with Crippen LogP contribution in [0.5, 0.6) is 0 Å². The molecule has 3 nitrogen and oxygen atoms in total. The zero-order chi connectivity index (χ0) is 14.0. The Kier molecular flexibility index (Phi) is 2.94. The average molecular weight is 283 g/mol. The molecule has 19 heavy (non-hydrogen) atoms. The summed E-state index contributed by atoms with van der Waals surface area (Å²) in [6.07, 6.45) is 5.31. The molecule has 3 rings (SSSR count). The van der Waals surface area contributed by atoms with Crippen molar-refractivity contribution in [2.75, 3.05) is 0 Å². The van der Waals surface area contributed by atoms with Crippen molar-refractivity contribution in [2.24, 2.45) is 17.8 Å². The third kappa shape index (κ3) is 1.91. The first-order valence-electron chi connectivity index (χ1n) is 6.96. The summed E-state index contributed by atoms with van der Waals surface area (Å²) in [7, 11) is -0.336. The Bertz CT molecular complexity index is 430. The molecule has 2 aliphatic carbocycles. The molecule has 0 radical (unpaired) electrons. The Hall–Kier alpha value is -0.315. The number of carbonyl (C=O) groups excluding carboxylic acids is 1. The van der Waals surface area contributed by atoms with Crippen molar-refractivity contribution in [3.05, 3.63) is 12.2 Å². The Morgan fingerprint density at radius 3 is 2.21 bits per heavy atom. The monoisotopic (exact) mass is 282 g/mol. The van der Waals surface area contributed by atoms with Crippen LogP contribution in [0.1, 0.15) is 34.1 Å². The lowest BCUT2D eigenvalue weighted by Crippen LogP contribution is -2.41. The van der Waals surface area contributed by atoms with E-state index in [4.69, 9.17) is 20.9 Å². The molecule has 0 aromatic heterocycles. The number of rotatable bonds is 2. The van der Waals surface area contributed by atoms with Crippen molar-refractivity contribution in [3.63, 3.8) is 0 Å². The molecule has 0 amide bonds. The van der Waals surface area contributed by atoms with Crippen molar-refractivity contribution in [1.29, 1.82) is 0 Å². The summed E-state index contributed by atoms with van der Waals surface area (Å²) in [5.74, 6) is 0.513. The second kappa shape index (κ2) is 4.09. The molecular weight excluding hydrogens is 262 g/mol. The van der Waals surface area contributed by atoms with Crippen LogP contribution in [0.3, 0.4) is 0 Å². The Morgan fingerprint density at radius 1 is 1.16 bits per heavy atom. The van der Waals surface area contributed by atoms with Crippen molar-refractivity contribution in [2.45, 2.75) is 51.1 Å². The fraction of sp³-hybridized carbons (Fsp3) is 0.786. The maximum absolute atomic E-state index is 11.7. The number of hydrogen-bond acceptors (Lipinski definition) is 3. The van der Waals surface area contributed by atoms with Crippen molar-refractivity contribution < 1.29 is 14.1 Å². The van der Waals surface area contributed by atoms with Crippen LogP contribution in [-0.4, -0.2) is 23.6 Å². The molecule has 0 N–H and O–H groups in total. The minimum atomic E-state index is -0.358. The van der Waals surface area contributed by atoms with Gasteiger partial charge in [-0.15, -0.1) is 0 Å². The number of allylic oxidation sites excluding steroid dienone is 2. The van der Waals surface area contributed by atoms with E-state index in [0.717, 1.165) is 6.42 Å². The van der Waals surface area contributed by atoms with Gasteiger partial charge in [0, 0.05) is 11.7 Å². The van der Waals surface area contributed by atoms with E-state index in [9.17, 15) is 4.79 Å². The fourth-order valence-electron chi connectivity index (χ4n) is 3.60. The van der Waals surface area contributed by atoms with Crippen molar-refractivity contribution >= 4 is 24.0 Å². The Labute approximate surface area is 119 Å². The second-order valence-electron chi connectivity index (χ2n) is 6.98. The first-order chi connectivity index (χ1) is 8.73. The maximum Gasteiger partial charge on any atom is 0.462 e. The van der Waals surface area contributed by atoms with E-state index < -0.39 is 0 Å². The van der Waals surface area contributed by atoms with Crippen LogP contribution in [-0.2, 0) is 14.1 Å². The molecule has 1 heterocycles. The van der Waals surface area contributed by atoms with Crippen molar-refractivity contribution in [3.8, 4) is 0 Å². The summed E-state index contributed by atoms with van der Waals surface area (Å²) in [4.78, 5) is 11.7. The van der Waals surface area contributed by atoms with Gasteiger partial charge in [0.15, 0.2) is 0 Å². The molecule has 1 saturated heterocycles. The van der Waals surface area contributed by atoms with Gasteiger partial charge in [-0.3, -0.25) is 4.79 Å². The standard InChI is InChI=1S/C14H20BClO3/c1-13(2)14(3,4)19-15(18-13)11-9-6-5-8(7-9)10(11)12(16)17/h5-6,8-11H,7H2,1-4H3/t8?,9?,10-,11-/m1/s1. The minimum Gasteiger partial charge on any atom is -0.403 e. The predicted molar refractivity (Wildman–Crippen MR) is 74.9 cm³/mol.